The fourth-order valence-electron chi connectivity index (χ4n) is 1.85. The molecule has 0 bridgehead atoms. The second-order valence-corrected chi connectivity index (χ2v) is 5.28. The normalized spacial score (nSPS) is 10.5. The third-order valence-electron chi connectivity index (χ3n) is 3.07. The van der Waals surface area contributed by atoms with Crippen LogP contribution in [0.2, 0.25) is 5.02 Å². The van der Waals surface area contributed by atoms with Crippen LogP contribution in [0.15, 0.2) is 53.6 Å². The maximum Gasteiger partial charge on any atom is 0.259 e. The first kappa shape index (κ1) is 16.7. The molecular weight excluding hydrogens is 314 g/mol. The summed E-state index contributed by atoms with van der Waals surface area (Å²) >= 11 is 5.77. The molecule has 5 nitrogen and oxygen atoms in total. The first-order valence-corrected chi connectivity index (χ1v) is 7.35. The highest BCUT2D eigenvalue weighted by atomic mass is 35.5. The SMILES string of the molecule is Cc1ccccc1C(=O)NCC(=O)NN=Cc1ccc(Cl)cc1. The number of carbonyl (C=O) groups is 2. The summed E-state index contributed by atoms with van der Waals surface area (Å²) in [5.74, 6) is -0.697. The van der Waals surface area contributed by atoms with E-state index in [-0.39, 0.29) is 12.5 Å². The van der Waals surface area contributed by atoms with Crippen molar-refractivity contribution in [2.45, 2.75) is 6.92 Å². The number of aryl methyl sites for hydroxylation is 1. The first-order valence-electron chi connectivity index (χ1n) is 6.97. The molecule has 2 rings (SSSR count). The molecule has 118 valence electrons. The Bertz CT molecular complexity index is 727. The lowest BCUT2D eigenvalue weighted by Crippen LogP contribution is -2.35. The number of halogens is 1. The van der Waals surface area contributed by atoms with Gasteiger partial charge in [0.05, 0.1) is 12.8 Å². The number of hydrazone groups is 1. The van der Waals surface area contributed by atoms with Crippen LogP contribution in [-0.4, -0.2) is 24.6 Å². The van der Waals surface area contributed by atoms with Crippen molar-refractivity contribution in [2.75, 3.05) is 6.54 Å². The van der Waals surface area contributed by atoms with Crippen LogP contribution in [0.3, 0.4) is 0 Å². The molecule has 0 heterocycles. The monoisotopic (exact) mass is 329 g/mol. The van der Waals surface area contributed by atoms with Crippen molar-refractivity contribution >= 4 is 29.6 Å². The molecule has 0 aliphatic rings. The highest BCUT2D eigenvalue weighted by Crippen LogP contribution is 2.08. The van der Waals surface area contributed by atoms with E-state index < -0.39 is 5.91 Å². The lowest BCUT2D eigenvalue weighted by atomic mass is 10.1. The Morgan fingerprint density at radius 1 is 1.13 bits per heavy atom. The molecule has 2 aromatic rings. The Kier molecular flexibility index (Phi) is 5.88. The standard InChI is InChI=1S/C17H16ClN3O2/c1-12-4-2-3-5-15(12)17(23)19-11-16(22)21-20-10-13-6-8-14(18)9-7-13/h2-10H,11H2,1H3,(H,19,23)(H,21,22). The first-order chi connectivity index (χ1) is 11.1. The number of hydrogen-bond acceptors (Lipinski definition) is 3. The van der Waals surface area contributed by atoms with E-state index >= 15 is 0 Å². The van der Waals surface area contributed by atoms with E-state index in [0.29, 0.717) is 10.6 Å². The Balaban J connectivity index is 1.80. The highest BCUT2D eigenvalue weighted by Gasteiger charge is 2.09. The van der Waals surface area contributed by atoms with Gasteiger partial charge in [0.1, 0.15) is 0 Å². The number of benzene rings is 2. The van der Waals surface area contributed by atoms with Crippen LogP contribution in [-0.2, 0) is 4.79 Å². The van der Waals surface area contributed by atoms with Crippen molar-refractivity contribution < 1.29 is 9.59 Å². The zero-order chi connectivity index (χ0) is 16.7. The zero-order valence-electron chi connectivity index (χ0n) is 12.5. The zero-order valence-corrected chi connectivity index (χ0v) is 13.3. The average molecular weight is 330 g/mol. The number of nitrogens with one attached hydrogen (secondary N) is 2. The summed E-state index contributed by atoms with van der Waals surface area (Å²) in [5, 5.41) is 7.00. The molecule has 0 atom stereocenters. The predicted octanol–water partition coefficient (Wildman–Crippen LogP) is 2.53. The van der Waals surface area contributed by atoms with E-state index in [1.807, 2.05) is 19.1 Å². The van der Waals surface area contributed by atoms with Gasteiger partial charge in [-0.15, -0.1) is 0 Å². The van der Waals surface area contributed by atoms with Crippen molar-refractivity contribution in [2.24, 2.45) is 5.10 Å². The van der Waals surface area contributed by atoms with Gasteiger partial charge in [-0.25, -0.2) is 5.43 Å². The van der Waals surface area contributed by atoms with E-state index in [4.69, 9.17) is 11.6 Å². The average Bonchev–Trinajstić information content (AvgIpc) is 2.55. The summed E-state index contributed by atoms with van der Waals surface area (Å²) in [6, 6.07) is 14.2. The number of carbonyl (C=O) groups excluding carboxylic acids is 2. The number of nitrogens with zero attached hydrogens (tertiary/aromatic N) is 1. The topological polar surface area (TPSA) is 70.6 Å². The molecule has 23 heavy (non-hydrogen) atoms. The molecule has 6 heteroatoms. The fourth-order valence-corrected chi connectivity index (χ4v) is 1.98. The van der Waals surface area contributed by atoms with Crippen LogP contribution in [0.4, 0.5) is 0 Å². The van der Waals surface area contributed by atoms with Gasteiger partial charge < -0.3 is 5.32 Å². The molecule has 0 aliphatic heterocycles. The number of rotatable bonds is 5. The minimum absolute atomic E-state index is 0.148. The van der Waals surface area contributed by atoms with E-state index in [0.717, 1.165) is 11.1 Å². The van der Waals surface area contributed by atoms with Crippen molar-refractivity contribution in [1.29, 1.82) is 0 Å². The number of hydrogen-bond donors (Lipinski definition) is 2. The van der Waals surface area contributed by atoms with Crippen LogP contribution in [0.1, 0.15) is 21.5 Å². The third kappa shape index (κ3) is 5.23. The van der Waals surface area contributed by atoms with Gasteiger partial charge in [0.2, 0.25) is 0 Å². The summed E-state index contributed by atoms with van der Waals surface area (Å²) in [6.45, 7) is 1.69. The maximum absolute atomic E-state index is 12.0. The van der Waals surface area contributed by atoms with Gasteiger partial charge in [0.15, 0.2) is 0 Å². The minimum Gasteiger partial charge on any atom is -0.343 e. The molecule has 0 radical (unpaired) electrons. The summed E-state index contributed by atoms with van der Waals surface area (Å²) in [7, 11) is 0. The second-order valence-electron chi connectivity index (χ2n) is 4.84. The Hall–Kier alpha value is -2.66. The maximum atomic E-state index is 12.0. The van der Waals surface area contributed by atoms with Crippen molar-refractivity contribution in [1.82, 2.24) is 10.7 Å². The summed E-state index contributed by atoms with van der Waals surface area (Å²) in [5.41, 5.74) is 4.55. The van der Waals surface area contributed by atoms with Gasteiger partial charge in [0.25, 0.3) is 11.8 Å². The van der Waals surface area contributed by atoms with Gasteiger partial charge in [-0.05, 0) is 36.2 Å². The molecule has 0 aromatic heterocycles. The van der Waals surface area contributed by atoms with E-state index in [1.54, 1.807) is 36.4 Å². The summed E-state index contributed by atoms with van der Waals surface area (Å²) in [4.78, 5) is 23.6. The molecule has 0 unspecified atom stereocenters. The lowest BCUT2D eigenvalue weighted by Gasteiger charge is -2.06. The van der Waals surface area contributed by atoms with Gasteiger partial charge in [0, 0.05) is 10.6 Å². The van der Waals surface area contributed by atoms with Crippen LogP contribution >= 0.6 is 11.6 Å². The molecule has 0 fully saturated rings. The lowest BCUT2D eigenvalue weighted by molar-refractivity contribution is -0.120. The smallest absolute Gasteiger partial charge is 0.259 e. The van der Waals surface area contributed by atoms with Crippen LogP contribution in [0.5, 0.6) is 0 Å². The second kappa shape index (κ2) is 8.10. The molecule has 2 amide bonds. The summed E-state index contributed by atoms with van der Waals surface area (Å²) < 4.78 is 0. The number of amides is 2. The predicted molar refractivity (Wildman–Crippen MR) is 90.7 cm³/mol. The molecule has 2 N–H and O–H groups in total. The highest BCUT2D eigenvalue weighted by molar-refractivity contribution is 6.30. The Labute approximate surface area is 139 Å². The van der Waals surface area contributed by atoms with E-state index in [2.05, 4.69) is 15.8 Å². The van der Waals surface area contributed by atoms with E-state index in [9.17, 15) is 9.59 Å². The molecular formula is C17H16ClN3O2. The molecule has 0 spiro atoms. The van der Waals surface area contributed by atoms with Crippen LogP contribution < -0.4 is 10.7 Å². The molecule has 0 aliphatic carbocycles. The van der Waals surface area contributed by atoms with Crippen LogP contribution in [0.25, 0.3) is 0 Å². The van der Waals surface area contributed by atoms with Gasteiger partial charge in [-0.1, -0.05) is 41.9 Å². The minimum atomic E-state index is -0.405. The van der Waals surface area contributed by atoms with Crippen molar-refractivity contribution in [3.8, 4) is 0 Å². The molecule has 0 saturated carbocycles. The summed E-state index contributed by atoms with van der Waals surface area (Å²) in [6.07, 6.45) is 1.50. The van der Waals surface area contributed by atoms with Gasteiger partial charge in [-0.3, -0.25) is 9.59 Å². The quantitative estimate of drug-likeness (QED) is 0.653. The van der Waals surface area contributed by atoms with Crippen molar-refractivity contribution in [3.63, 3.8) is 0 Å². The van der Waals surface area contributed by atoms with Gasteiger partial charge in [-0.2, -0.15) is 5.10 Å². The van der Waals surface area contributed by atoms with Crippen molar-refractivity contribution in [3.05, 3.63) is 70.2 Å². The van der Waals surface area contributed by atoms with Gasteiger partial charge >= 0.3 is 0 Å². The molecule has 0 saturated heterocycles. The fraction of sp³-hybridized carbons (Fsp3) is 0.118. The Morgan fingerprint density at radius 2 is 1.83 bits per heavy atom. The van der Waals surface area contributed by atoms with Crippen LogP contribution in [0, 0.1) is 6.92 Å². The molecule has 2 aromatic carbocycles. The largest absolute Gasteiger partial charge is 0.343 e. The third-order valence-corrected chi connectivity index (χ3v) is 3.32. The van der Waals surface area contributed by atoms with E-state index in [1.165, 1.54) is 6.21 Å². The Morgan fingerprint density at radius 3 is 2.52 bits per heavy atom.